The molecule has 1 nitrogen and oxygen atoms in total. The van der Waals surface area contributed by atoms with E-state index < -0.39 is 0 Å². The van der Waals surface area contributed by atoms with E-state index in [1.54, 1.807) is 11.3 Å². The third kappa shape index (κ3) is 2.71. The van der Waals surface area contributed by atoms with E-state index in [9.17, 15) is 0 Å². The smallest absolute Gasteiger partial charge is 0.0931 e. The lowest BCUT2D eigenvalue weighted by Gasteiger charge is -2.20. The molecule has 2 N–H and O–H groups in total. The van der Waals surface area contributed by atoms with E-state index in [-0.39, 0.29) is 5.92 Å². The summed E-state index contributed by atoms with van der Waals surface area (Å²) in [6.45, 7) is 0.635. The summed E-state index contributed by atoms with van der Waals surface area (Å²) in [5, 5.41) is 0. The highest BCUT2D eigenvalue weighted by Gasteiger charge is 2.17. The third-order valence-corrected chi connectivity index (χ3v) is 5.29. The molecule has 3 heteroatoms. The molecule has 2 aromatic rings. The summed E-state index contributed by atoms with van der Waals surface area (Å²) in [7, 11) is 0. The minimum Gasteiger partial charge on any atom is -0.329 e. The number of thiophene rings is 1. The highest BCUT2D eigenvalue weighted by atomic mass is 35.5. The number of rotatable bonds is 3. The molecule has 0 amide bonds. The molecule has 19 heavy (non-hydrogen) atoms. The van der Waals surface area contributed by atoms with Crippen molar-refractivity contribution < 1.29 is 0 Å². The lowest BCUT2D eigenvalue weighted by Crippen LogP contribution is -2.14. The monoisotopic (exact) mass is 291 g/mol. The second kappa shape index (κ2) is 5.66. The largest absolute Gasteiger partial charge is 0.329 e. The summed E-state index contributed by atoms with van der Waals surface area (Å²) in [5.41, 5.74) is 10.4. The van der Waals surface area contributed by atoms with Gasteiger partial charge in [-0.25, -0.2) is 0 Å². The topological polar surface area (TPSA) is 26.0 Å². The Labute approximate surface area is 123 Å². The molecular weight excluding hydrogens is 274 g/mol. The molecule has 100 valence electrons. The zero-order chi connectivity index (χ0) is 13.2. The second-order valence-electron chi connectivity index (χ2n) is 5.17. The molecular formula is C16H18ClNS. The van der Waals surface area contributed by atoms with Crippen LogP contribution in [0.15, 0.2) is 30.3 Å². The van der Waals surface area contributed by atoms with Gasteiger partial charge in [0.1, 0.15) is 0 Å². The van der Waals surface area contributed by atoms with Crippen LogP contribution in [0.3, 0.4) is 0 Å². The van der Waals surface area contributed by atoms with Gasteiger partial charge in [0.15, 0.2) is 0 Å². The number of hydrogen-bond acceptors (Lipinski definition) is 2. The van der Waals surface area contributed by atoms with Crippen molar-refractivity contribution in [2.75, 3.05) is 6.54 Å². The maximum absolute atomic E-state index is 6.04. The molecule has 3 rings (SSSR count). The Kier molecular flexibility index (Phi) is 3.92. The molecule has 0 saturated heterocycles. The Bertz CT molecular complexity index is 576. The van der Waals surface area contributed by atoms with Crippen molar-refractivity contribution in [2.24, 2.45) is 5.73 Å². The summed E-state index contributed by atoms with van der Waals surface area (Å²) < 4.78 is 0.839. The van der Waals surface area contributed by atoms with Gasteiger partial charge in [-0.05, 0) is 54.5 Å². The van der Waals surface area contributed by atoms with Crippen molar-refractivity contribution in [1.82, 2.24) is 0 Å². The quantitative estimate of drug-likeness (QED) is 0.893. The van der Waals surface area contributed by atoms with E-state index >= 15 is 0 Å². The fourth-order valence-corrected chi connectivity index (χ4v) is 4.10. The maximum Gasteiger partial charge on any atom is 0.0931 e. The highest BCUT2D eigenvalue weighted by Crippen LogP contribution is 2.33. The van der Waals surface area contributed by atoms with Crippen LogP contribution in [0.4, 0.5) is 0 Å². The van der Waals surface area contributed by atoms with E-state index in [1.807, 2.05) is 6.07 Å². The molecule has 0 radical (unpaired) electrons. The number of fused-ring (bicyclic) bond motifs is 1. The normalized spacial score (nSPS) is 16.1. The first kappa shape index (κ1) is 13.2. The van der Waals surface area contributed by atoms with Crippen molar-refractivity contribution >= 4 is 22.9 Å². The zero-order valence-corrected chi connectivity index (χ0v) is 12.4. The second-order valence-corrected chi connectivity index (χ2v) is 6.91. The Morgan fingerprint density at radius 3 is 2.58 bits per heavy atom. The summed E-state index contributed by atoms with van der Waals surface area (Å²) in [6, 6.07) is 11.0. The molecule has 0 fully saturated rings. The average Bonchev–Trinajstić information content (AvgIpc) is 2.86. The van der Waals surface area contributed by atoms with Gasteiger partial charge in [0, 0.05) is 17.3 Å². The van der Waals surface area contributed by atoms with Crippen molar-refractivity contribution in [1.29, 1.82) is 0 Å². The molecule has 1 atom stereocenters. The van der Waals surface area contributed by atoms with E-state index in [0.717, 1.165) is 4.34 Å². The van der Waals surface area contributed by atoms with E-state index in [2.05, 4.69) is 24.3 Å². The average molecular weight is 292 g/mol. The molecule has 1 aromatic carbocycles. The van der Waals surface area contributed by atoms with Crippen LogP contribution >= 0.6 is 22.9 Å². The molecule has 0 spiro atoms. The van der Waals surface area contributed by atoms with Gasteiger partial charge in [-0.2, -0.15) is 0 Å². The fourth-order valence-electron chi connectivity index (χ4n) is 2.90. The Morgan fingerprint density at radius 2 is 1.89 bits per heavy atom. The third-order valence-electron chi connectivity index (χ3n) is 3.95. The van der Waals surface area contributed by atoms with Crippen LogP contribution in [0.1, 0.15) is 40.3 Å². The van der Waals surface area contributed by atoms with Gasteiger partial charge in [0.05, 0.1) is 4.34 Å². The highest BCUT2D eigenvalue weighted by molar-refractivity contribution is 7.16. The van der Waals surface area contributed by atoms with Crippen LogP contribution in [-0.4, -0.2) is 6.54 Å². The lowest BCUT2D eigenvalue weighted by molar-refractivity contribution is 0.682. The minimum atomic E-state index is 0.282. The van der Waals surface area contributed by atoms with Crippen LogP contribution in [0.5, 0.6) is 0 Å². The van der Waals surface area contributed by atoms with Gasteiger partial charge in [0.2, 0.25) is 0 Å². The molecule has 1 heterocycles. The first-order valence-electron chi connectivity index (χ1n) is 6.85. The first-order valence-corrected chi connectivity index (χ1v) is 8.04. The zero-order valence-electron chi connectivity index (χ0n) is 10.9. The molecule has 0 aliphatic heterocycles. The van der Waals surface area contributed by atoms with Crippen LogP contribution in [0.2, 0.25) is 4.34 Å². The van der Waals surface area contributed by atoms with Gasteiger partial charge >= 0.3 is 0 Å². The molecule has 0 bridgehead atoms. The number of benzene rings is 1. The number of nitrogens with two attached hydrogens (primary N) is 1. The van der Waals surface area contributed by atoms with Gasteiger partial charge in [-0.15, -0.1) is 11.3 Å². The van der Waals surface area contributed by atoms with Crippen molar-refractivity contribution in [3.05, 3.63) is 56.2 Å². The fraction of sp³-hybridized carbons (Fsp3) is 0.375. The molecule has 0 saturated carbocycles. The number of halogens is 1. The molecule has 1 aliphatic carbocycles. The van der Waals surface area contributed by atoms with E-state index in [4.69, 9.17) is 17.3 Å². The van der Waals surface area contributed by atoms with Gasteiger partial charge in [0.25, 0.3) is 0 Å². The van der Waals surface area contributed by atoms with Crippen LogP contribution in [-0.2, 0) is 12.8 Å². The van der Waals surface area contributed by atoms with Crippen LogP contribution in [0.25, 0.3) is 0 Å². The molecule has 1 aliphatic rings. The summed E-state index contributed by atoms with van der Waals surface area (Å²) >= 11 is 7.68. The van der Waals surface area contributed by atoms with Crippen molar-refractivity contribution in [3.8, 4) is 0 Å². The summed E-state index contributed by atoms with van der Waals surface area (Å²) in [6.07, 6.45) is 5.08. The first-order chi connectivity index (χ1) is 9.28. The van der Waals surface area contributed by atoms with E-state index in [1.165, 1.54) is 47.3 Å². The maximum atomic E-state index is 6.04. The predicted molar refractivity (Wildman–Crippen MR) is 83.3 cm³/mol. The number of aryl methyl sites for hydroxylation is 2. The van der Waals surface area contributed by atoms with Crippen molar-refractivity contribution in [2.45, 2.75) is 31.6 Å². The van der Waals surface area contributed by atoms with Crippen LogP contribution < -0.4 is 5.73 Å². The lowest BCUT2D eigenvalue weighted by atomic mass is 9.87. The minimum absolute atomic E-state index is 0.282. The predicted octanol–water partition coefficient (Wildman–Crippen LogP) is 4.37. The van der Waals surface area contributed by atoms with Gasteiger partial charge in [-0.1, -0.05) is 29.8 Å². The number of hydrogen-bond donors (Lipinski definition) is 1. The SMILES string of the molecule is NCC(c1ccc2c(c1)CCCC2)c1ccc(Cl)s1. The Hall–Kier alpha value is -0.830. The van der Waals surface area contributed by atoms with Gasteiger partial charge in [-0.3, -0.25) is 0 Å². The Morgan fingerprint density at radius 1 is 1.11 bits per heavy atom. The molecule has 1 unspecified atom stereocenters. The Balaban J connectivity index is 1.95. The van der Waals surface area contributed by atoms with E-state index in [0.29, 0.717) is 6.54 Å². The summed E-state index contributed by atoms with van der Waals surface area (Å²) in [5.74, 6) is 0.282. The van der Waals surface area contributed by atoms with Crippen molar-refractivity contribution in [3.63, 3.8) is 0 Å². The van der Waals surface area contributed by atoms with Crippen LogP contribution in [0, 0.1) is 0 Å². The summed E-state index contributed by atoms with van der Waals surface area (Å²) in [4.78, 5) is 1.27. The standard InChI is InChI=1S/C16H18ClNS/c17-16-8-7-15(19-16)14(10-18)13-6-5-11-3-1-2-4-12(11)9-13/h5-9,14H,1-4,10,18H2. The molecule has 1 aromatic heterocycles. The van der Waals surface area contributed by atoms with Gasteiger partial charge < -0.3 is 5.73 Å².